The maximum atomic E-state index is 9.86. The molecular weight excluding hydrogens is 278 g/mol. The first-order chi connectivity index (χ1) is 10.6. The summed E-state index contributed by atoms with van der Waals surface area (Å²) < 4.78 is 0. The number of aromatic nitrogens is 3. The molecule has 2 aromatic rings. The van der Waals surface area contributed by atoms with Crippen molar-refractivity contribution in [3.8, 4) is 17.0 Å². The van der Waals surface area contributed by atoms with Crippen LogP contribution >= 0.6 is 0 Å². The molecule has 0 saturated carbocycles. The van der Waals surface area contributed by atoms with Gasteiger partial charge in [-0.25, -0.2) is 4.98 Å². The van der Waals surface area contributed by atoms with Crippen molar-refractivity contribution in [2.75, 3.05) is 24.5 Å². The molecule has 116 valence electrons. The number of hydrogen-bond acceptors (Lipinski definition) is 6. The molecule has 2 heterocycles. The van der Waals surface area contributed by atoms with Crippen molar-refractivity contribution in [3.05, 3.63) is 30.5 Å². The van der Waals surface area contributed by atoms with Crippen molar-refractivity contribution in [1.82, 2.24) is 20.5 Å². The van der Waals surface area contributed by atoms with Crippen molar-refractivity contribution in [2.45, 2.75) is 19.9 Å². The first-order valence-electron chi connectivity index (χ1n) is 7.61. The number of piperazine rings is 1. The first-order valence-corrected chi connectivity index (χ1v) is 7.61. The van der Waals surface area contributed by atoms with Gasteiger partial charge >= 0.3 is 0 Å². The molecule has 0 spiro atoms. The Morgan fingerprint density at radius 1 is 1.27 bits per heavy atom. The Morgan fingerprint density at radius 2 is 2.09 bits per heavy atom. The number of hydrogen-bond donors (Lipinski definition) is 2. The van der Waals surface area contributed by atoms with Gasteiger partial charge in [-0.15, -0.1) is 10.2 Å². The van der Waals surface area contributed by atoms with Crippen LogP contribution in [0.5, 0.6) is 5.75 Å². The van der Waals surface area contributed by atoms with E-state index in [9.17, 15) is 5.11 Å². The van der Waals surface area contributed by atoms with Crippen molar-refractivity contribution >= 4 is 5.95 Å². The zero-order valence-corrected chi connectivity index (χ0v) is 12.9. The second-order valence-electron chi connectivity index (χ2n) is 5.91. The topological polar surface area (TPSA) is 74.2 Å². The van der Waals surface area contributed by atoms with Gasteiger partial charge in [-0.05, 0) is 18.1 Å². The normalized spacial score (nSPS) is 18.7. The van der Waals surface area contributed by atoms with Crippen LogP contribution < -0.4 is 10.2 Å². The summed E-state index contributed by atoms with van der Waals surface area (Å²) in [5.74, 6) is 1.40. The molecule has 2 N–H and O–H groups in total. The second-order valence-corrected chi connectivity index (χ2v) is 5.91. The van der Waals surface area contributed by atoms with Crippen molar-refractivity contribution in [2.24, 2.45) is 5.92 Å². The molecule has 3 rings (SSSR count). The van der Waals surface area contributed by atoms with Crippen LogP contribution in [0.1, 0.15) is 13.8 Å². The van der Waals surface area contributed by atoms with Gasteiger partial charge in [0, 0.05) is 31.2 Å². The fourth-order valence-electron chi connectivity index (χ4n) is 2.63. The van der Waals surface area contributed by atoms with Gasteiger partial charge in [0.1, 0.15) is 11.4 Å². The molecule has 0 aliphatic carbocycles. The predicted molar refractivity (Wildman–Crippen MR) is 85.8 cm³/mol. The maximum absolute atomic E-state index is 9.86. The lowest BCUT2D eigenvalue weighted by Crippen LogP contribution is -2.53. The van der Waals surface area contributed by atoms with Crippen LogP contribution in [0.4, 0.5) is 5.95 Å². The van der Waals surface area contributed by atoms with Gasteiger partial charge < -0.3 is 15.3 Å². The van der Waals surface area contributed by atoms with Gasteiger partial charge in [0.05, 0.1) is 6.20 Å². The molecule has 0 amide bonds. The molecule has 6 nitrogen and oxygen atoms in total. The Balaban J connectivity index is 1.78. The minimum Gasteiger partial charge on any atom is -0.507 e. The van der Waals surface area contributed by atoms with Crippen LogP contribution in [0, 0.1) is 5.92 Å². The van der Waals surface area contributed by atoms with Gasteiger partial charge in [0.2, 0.25) is 5.95 Å². The summed E-state index contributed by atoms with van der Waals surface area (Å²) in [6.07, 6.45) is 1.67. The lowest BCUT2D eigenvalue weighted by molar-refractivity contribution is 0.365. The predicted octanol–water partition coefficient (Wildman–Crippen LogP) is 1.68. The van der Waals surface area contributed by atoms with E-state index in [0.717, 1.165) is 19.6 Å². The summed E-state index contributed by atoms with van der Waals surface area (Å²) in [4.78, 5) is 6.58. The minimum absolute atomic E-state index is 0.188. The van der Waals surface area contributed by atoms with Crippen molar-refractivity contribution in [1.29, 1.82) is 0 Å². The molecule has 0 radical (unpaired) electrons. The van der Waals surface area contributed by atoms with Crippen LogP contribution in [0.15, 0.2) is 30.5 Å². The Labute approximate surface area is 130 Å². The summed E-state index contributed by atoms with van der Waals surface area (Å²) in [6.45, 7) is 7.10. The molecule has 1 aromatic carbocycles. The molecule has 1 fully saturated rings. The molecule has 6 heteroatoms. The number of phenols is 1. The van der Waals surface area contributed by atoms with E-state index in [1.807, 2.05) is 6.07 Å². The average Bonchev–Trinajstić information content (AvgIpc) is 2.56. The Morgan fingerprint density at radius 3 is 2.77 bits per heavy atom. The standard InChI is InChI=1S/C16H21N5O/c1-11(2)14-10-21(8-7-17-14)16-18-9-13(19-20-16)12-5-3-4-6-15(12)22/h3-6,9,11,14,17,22H,7-8,10H2,1-2H3/t14-/m1/s1. The van der Waals surface area contributed by atoms with E-state index < -0.39 is 0 Å². The van der Waals surface area contributed by atoms with Crippen molar-refractivity contribution in [3.63, 3.8) is 0 Å². The molecule has 0 bridgehead atoms. The van der Waals surface area contributed by atoms with Gasteiger partial charge in [-0.1, -0.05) is 26.0 Å². The molecule has 1 aromatic heterocycles. The SMILES string of the molecule is CC(C)[C@H]1CN(c2ncc(-c3ccccc3O)nn2)CCN1. The number of anilines is 1. The van der Waals surface area contributed by atoms with E-state index in [1.54, 1.807) is 24.4 Å². The number of aromatic hydroxyl groups is 1. The fraction of sp³-hybridized carbons (Fsp3) is 0.438. The summed E-state index contributed by atoms with van der Waals surface area (Å²) in [6, 6.07) is 7.51. The Hall–Kier alpha value is -2.21. The largest absolute Gasteiger partial charge is 0.507 e. The summed E-state index contributed by atoms with van der Waals surface area (Å²) >= 11 is 0. The molecule has 1 aliphatic rings. The van der Waals surface area contributed by atoms with Crippen LogP contribution in [0.25, 0.3) is 11.3 Å². The number of benzene rings is 1. The third-order valence-corrected chi connectivity index (χ3v) is 4.02. The smallest absolute Gasteiger partial charge is 0.245 e. The number of para-hydroxylation sites is 1. The number of phenolic OH excluding ortho intramolecular Hbond substituents is 1. The molecule has 1 aliphatic heterocycles. The highest BCUT2D eigenvalue weighted by Gasteiger charge is 2.23. The Bertz CT molecular complexity index is 629. The average molecular weight is 299 g/mol. The first kappa shape index (κ1) is 14.7. The van der Waals surface area contributed by atoms with Gasteiger partial charge in [-0.3, -0.25) is 0 Å². The van der Waals surface area contributed by atoms with E-state index in [-0.39, 0.29) is 5.75 Å². The molecule has 1 saturated heterocycles. The number of rotatable bonds is 3. The van der Waals surface area contributed by atoms with Gasteiger partial charge in [-0.2, -0.15) is 0 Å². The summed E-state index contributed by atoms with van der Waals surface area (Å²) in [5.41, 5.74) is 1.23. The van der Waals surface area contributed by atoms with E-state index in [1.165, 1.54) is 0 Å². The highest BCUT2D eigenvalue weighted by Crippen LogP contribution is 2.26. The minimum atomic E-state index is 0.188. The van der Waals surface area contributed by atoms with Crippen LogP contribution in [0.2, 0.25) is 0 Å². The summed E-state index contributed by atoms with van der Waals surface area (Å²) in [5, 5.41) is 21.8. The third-order valence-electron chi connectivity index (χ3n) is 4.02. The van der Waals surface area contributed by atoms with Crippen LogP contribution in [0.3, 0.4) is 0 Å². The third kappa shape index (κ3) is 3.01. The second kappa shape index (κ2) is 6.27. The number of nitrogens with zero attached hydrogens (tertiary/aromatic N) is 4. The van der Waals surface area contributed by atoms with E-state index in [4.69, 9.17) is 0 Å². The highest BCUT2D eigenvalue weighted by atomic mass is 16.3. The monoisotopic (exact) mass is 299 g/mol. The lowest BCUT2D eigenvalue weighted by atomic mass is 10.0. The van der Waals surface area contributed by atoms with Crippen molar-refractivity contribution < 1.29 is 5.11 Å². The molecule has 22 heavy (non-hydrogen) atoms. The van der Waals surface area contributed by atoms with Crippen LogP contribution in [-0.4, -0.2) is 46.0 Å². The molecular formula is C16H21N5O. The number of nitrogens with one attached hydrogen (secondary N) is 1. The van der Waals surface area contributed by atoms with Gasteiger partial charge in [0.15, 0.2) is 0 Å². The van der Waals surface area contributed by atoms with E-state index in [2.05, 4.69) is 39.2 Å². The maximum Gasteiger partial charge on any atom is 0.245 e. The highest BCUT2D eigenvalue weighted by molar-refractivity contribution is 5.65. The van der Waals surface area contributed by atoms with Gasteiger partial charge in [0.25, 0.3) is 0 Å². The van der Waals surface area contributed by atoms with E-state index >= 15 is 0 Å². The van der Waals surface area contributed by atoms with Crippen LogP contribution in [-0.2, 0) is 0 Å². The quantitative estimate of drug-likeness (QED) is 0.898. The lowest BCUT2D eigenvalue weighted by Gasteiger charge is -2.35. The Kier molecular flexibility index (Phi) is 4.20. The molecule has 1 atom stereocenters. The fourth-order valence-corrected chi connectivity index (χ4v) is 2.63. The zero-order chi connectivity index (χ0) is 15.5. The van der Waals surface area contributed by atoms with E-state index in [0.29, 0.717) is 29.2 Å². The summed E-state index contributed by atoms with van der Waals surface area (Å²) in [7, 11) is 0. The molecule has 0 unspecified atom stereocenters. The zero-order valence-electron chi connectivity index (χ0n) is 12.9.